The Morgan fingerprint density at radius 3 is 2.63 bits per heavy atom. The molecule has 0 atom stereocenters. The Morgan fingerprint density at radius 1 is 1.22 bits per heavy atom. The maximum absolute atomic E-state index is 12.4. The monoisotopic (exact) mass is 371 g/mol. The minimum absolute atomic E-state index is 0.238. The average molecular weight is 371 g/mol. The average Bonchev–Trinajstić information content (AvgIpc) is 3.23. The molecule has 0 N–H and O–H groups in total. The maximum atomic E-state index is 12.4. The van der Waals surface area contributed by atoms with Crippen molar-refractivity contribution in [3.8, 4) is 0 Å². The van der Waals surface area contributed by atoms with Gasteiger partial charge in [0.2, 0.25) is 5.91 Å². The van der Waals surface area contributed by atoms with Crippen LogP contribution in [0.2, 0.25) is 0 Å². The van der Waals surface area contributed by atoms with Crippen LogP contribution in [0.15, 0.2) is 18.7 Å². The summed E-state index contributed by atoms with van der Waals surface area (Å²) in [7, 11) is 1.99. The van der Waals surface area contributed by atoms with Crippen LogP contribution in [0.1, 0.15) is 56.2 Å². The van der Waals surface area contributed by atoms with Crippen LogP contribution in [-0.4, -0.2) is 73.2 Å². The molecule has 2 aliphatic rings. The molecule has 3 heterocycles. The predicted octanol–water partition coefficient (Wildman–Crippen LogP) is 1.52. The van der Waals surface area contributed by atoms with E-state index in [-0.39, 0.29) is 5.91 Å². The van der Waals surface area contributed by atoms with Crippen molar-refractivity contribution in [2.24, 2.45) is 0 Å². The maximum Gasteiger partial charge on any atom is 0.236 e. The number of piperidine rings is 1. The van der Waals surface area contributed by atoms with Crippen molar-refractivity contribution in [2.75, 3.05) is 33.2 Å². The van der Waals surface area contributed by atoms with Crippen LogP contribution >= 0.6 is 0 Å². The van der Waals surface area contributed by atoms with Gasteiger partial charge < -0.3 is 14.0 Å². The van der Waals surface area contributed by atoms with Gasteiger partial charge in [-0.1, -0.05) is 6.92 Å². The molecule has 0 radical (unpaired) electrons. The molecular weight excluding hydrogens is 342 g/mol. The van der Waals surface area contributed by atoms with Crippen molar-refractivity contribution in [1.82, 2.24) is 34.1 Å². The highest BCUT2D eigenvalue weighted by atomic mass is 16.2. The lowest BCUT2D eigenvalue weighted by molar-refractivity contribution is -0.133. The van der Waals surface area contributed by atoms with E-state index in [1.165, 1.54) is 12.8 Å². The van der Waals surface area contributed by atoms with Crippen LogP contribution in [0.5, 0.6) is 0 Å². The Bertz CT molecular complexity index is 757. The lowest BCUT2D eigenvalue weighted by atomic mass is 9.95. The normalized spacial score (nSPS) is 18.4. The van der Waals surface area contributed by atoms with Gasteiger partial charge in [0.25, 0.3) is 0 Å². The molecule has 1 amide bonds. The minimum atomic E-state index is 0.238. The third-order valence-electron chi connectivity index (χ3n) is 5.75. The van der Waals surface area contributed by atoms with E-state index in [9.17, 15) is 4.79 Å². The van der Waals surface area contributed by atoms with Crippen LogP contribution in [0.4, 0.5) is 0 Å². The zero-order valence-corrected chi connectivity index (χ0v) is 16.3. The summed E-state index contributed by atoms with van der Waals surface area (Å²) in [6.45, 7) is 5.82. The molecule has 0 spiro atoms. The van der Waals surface area contributed by atoms with E-state index in [1.54, 1.807) is 6.20 Å². The molecule has 1 saturated carbocycles. The highest BCUT2D eigenvalue weighted by molar-refractivity contribution is 5.78. The summed E-state index contributed by atoms with van der Waals surface area (Å²) in [5.74, 6) is 2.77. The number of likely N-dealkylation sites (N-methyl/N-ethyl adjacent to an activating group) is 1. The second-order valence-electron chi connectivity index (χ2n) is 7.80. The first-order valence-corrected chi connectivity index (χ1v) is 10.0. The van der Waals surface area contributed by atoms with Gasteiger partial charge in [-0.2, -0.15) is 0 Å². The summed E-state index contributed by atoms with van der Waals surface area (Å²) < 4.78 is 4.41. The fraction of sp³-hybridized carbons (Fsp3) is 0.684. The summed E-state index contributed by atoms with van der Waals surface area (Å²) >= 11 is 0. The van der Waals surface area contributed by atoms with Crippen molar-refractivity contribution < 1.29 is 4.79 Å². The van der Waals surface area contributed by atoms with E-state index in [1.807, 2.05) is 29.0 Å². The zero-order valence-electron chi connectivity index (χ0n) is 16.3. The van der Waals surface area contributed by atoms with Gasteiger partial charge in [-0.25, -0.2) is 4.98 Å². The lowest BCUT2D eigenvalue weighted by Gasteiger charge is -2.32. The largest absolute Gasteiger partial charge is 0.342 e. The highest BCUT2D eigenvalue weighted by Gasteiger charge is 2.34. The lowest BCUT2D eigenvalue weighted by Crippen LogP contribution is -2.43. The number of rotatable bonds is 7. The number of amides is 1. The van der Waals surface area contributed by atoms with E-state index in [2.05, 4.69) is 31.6 Å². The molecule has 27 heavy (non-hydrogen) atoms. The quantitative estimate of drug-likeness (QED) is 0.738. The van der Waals surface area contributed by atoms with Gasteiger partial charge in [0.15, 0.2) is 5.82 Å². The fourth-order valence-corrected chi connectivity index (χ4v) is 3.83. The van der Waals surface area contributed by atoms with Crippen LogP contribution < -0.4 is 0 Å². The number of hydrogen-bond acceptors (Lipinski definition) is 5. The molecule has 0 unspecified atom stereocenters. The van der Waals surface area contributed by atoms with E-state index in [4.69, 9.17) is 0 Å². The van der Waals surface area contributed by atoms with Gasteiger partial charge in [0.05, 0.1) is 19.4 Å². The SMILES string of the molecule is CCN(C)CC(=O)N1CCC(c2nnc(Cn3ccnc3)n2C2CC2)CC1. The highest BCUT2D eigenvalue weighted by Crippen LogP contribution is 2.39. The van der Waals surface area contributed by atoms with E-state index < -0.39 is 0 Å². The number of aromatic nitrogens is 5. The Hall–Kier alpha value is -2.22. The summed E-state index contributed by atoms with van der Waals surface area (Å²) in [6.07, 6.45) is 9.94. The third-order valence-corrected chi connectivity index (χ3v) is 5.75. The molecule has 1 saturated heterocycles. The zero-order chi connectivity index (χ0) is 18.8. The van der Waals surface area contributed by atoms with E-state index in [0.717, 1.165) is 44.1 Å². The van der Waals surface area contributed by atoms with Gasteiger partial charge in [-0.15, -0.1) is 10.2 Å². The second-order valence-corrected chi connectivity index (χ2v) is 7.80. The smallest absolute Gasteiger partial charge is 0.236 e. The number of likely N-dealkylation sites (tertiary alicyclic amines) is 1. The van der Waals surface area contributed by atoms with Crippen LogP contribution in [-0.2, 0) is 11.3 Å². The molecule has 146 valence electrons. The number of carbonyl (C=O) groups excluding carboxylic acids is 1. The van der Waals surface area contributed by atoms with Crippen molar-refractivity contribution in [1.29, 1.82) is 0 Å². The Balaban J connectivity index is 1.42. The van der Waals surface area contributed by atoms with Crippen LogP contribution in [0, 0.1) is 0 Å². The van der Waals surface area contributed by atoms with E-state index in [0.29, 0.717) is 25.0 Å². The van der Waals surface area contributed by atoms with Crippen LogP contribution in [0.3, 0.4) is 0 Å². The molecule has 0 bridgehead atoms. The predicted molar refractivity (Wildman–Crippen MR) is 101 cm³/mol. The van der Waals surface area contributed by atoms with Gasteiger partial charge in [0.1, 0.15) is 5.82 Å². The first-order chi connectivity index (χ1) is 13.2. The third kappa shape index (κ3) is 4.05. The molecule has 0 aromatic carbocycles. The first-order valence-electron chi connectivity index (χ1n) is 10.0. The summed E-state index contributed by atoms with van der Waals surface area (Å²) in [4.78, 5) is 20.6. The van der Waals surface area contributed by atoms with Crippen LogP contribution in [0.25, 0.3) is 0 Å². The number of carbonyl (C=O) groups is 1. The molecule has 2 aromatic heterocycles. The topological polar surface area (TPSA) is 72.1 Å². The molecule has 8 heteroatoms. The Labute approximate surface area is 160 Å². The second kappa shape index (κ2) is 7.80. The molecule has 8 nitrogen and oxygen atoms in total. The summed E-state index contributed by atoms with van der Waals surface area (Å²) in [5.41, 5.74) is 0. The number of hydrogen-bond donors (Lipinski definition) is 0. The van der Waals surface area contributed by atoms with Crippen molar-refractivity contribution in [3.05, 3.63) is 30.4 Å². The number of imidazole rings is 1. The van der Waals surface area contributed by atoms with E-state index >= 15 is 0 Å². The molecule has 4 rings (SSSR count). The molecule has 1 aliphatic carbocycles. The van der Waals surface area contributed by atoms with Gasteiger partial charge in [-0.05, 0) is 39.3 Å². The molecule has 1 aliphatic heterocycles. The van der Waals surface area contributed by atoms with Crippen molar-refractivity contribution >= 4 is 5.91 Å². The number of nitrogens with zero attached hydrogens (tertiary/aromatic N) is 7. The fourth-order valence-electron chi connectivity index (χ4n) is 3.83. The van der Waals surface area contributed by atoms with Gasteiger partial charge in [0, 0.05) is 37.4 Å². The van der Waals surface area contributed by atoms with Crippen molar-refractivity contribution in [3.63, 3.8) is 0 Å². The first kappa shape index (κ1) is 18.2. The molecule has 2 fully saturated rings. The van der Waals surface area contributed by atoms with Gasteiger partial charge in [-0.3, -0.25) is 9.69 Å². The standard InChI is InChI=1S/C19H29N7O/c1-3-23(2)13-18(27)25-9-6-15(7-10-25)19-22-21-17(26(19)16-4-5-16)12-24-11-8-20-14-24/h8,11,14-16H,3-7,9-10,12-13H2,1-2H3. The molecular formula is C19H29N7O. The summed E-state index contributed by atoms with van der Waals surface area (Å²) in [6, 6.07) is 0.548. The Morgan fingerprint density at radius 2 is 2.00 bits per heavy atom. The Kier molecular flexibility index (Phi) is 5.24. The summed E-state index contributed by atoms with van der Waals surface area (Å²) in [5, 5.41) is 9.09. The minimum Gasteiger partial charge on any atom is -0.342 e. The molecule has 2 aromatic rings. The van der Waals surface area contributed by atoms with Gasteiger partial charge >= 0.3 is 0 Å². The van der Waals surface area contributed by atoms with Crippen molar-refractivity contribution in [2.45, 2.75) is 51.1 Å².